The summed E-state index contributed by atoms with van der Waals surface area (Å²) in [5, 5.41) is 3.35. The van der Waals surface area contributed by atoms with E-state index in [2.05, 4.69) is 28.2 Å². The van der Waals surface area contributed by atoms with Crippen molar-refractivity contribution in [2.75, 3.05) is 12.3 Å². The Hall–Kier alpha value is -2.35. The van der Waals surface area contributed by atoms with Crippen LogP contribution in [0, 0.1) is 5.82 Å². The quantitative estimate of drug-likeness (QED) is 0.213. The number of nitrogens with zero attached hydrogens (tertiary/aromatic N) is 1. The Labute approximate surface area is 236 Å². The van der Waals surface area contributed by atoms with E-state index in [4.69, 9.17) is 11.6 Å². The molecule has 3 rings (SSSR count). The number of rotatable bonds is 13. The van der Waals surface area contributed by atoms with Crippen LogP contribution in [0.15, 0.2) is 77.3 Å². The van der Waals surface area contributed by atoms with E-state index in [0.717, 1.165) is 28.4 Å². The summed E-state index contributed by atoms with van der Waals surface area (Å²) in [5.74, 6) is -0.405. The van der Waals surface area contributed by atoms with Crippen LogP contribution in [0.2, 0.25) is 5.02 Å². The van der Waals surface area contributed by atoms with Gasteiger partial charge in [0.2, 0.25) is 11.8 Å². The first kappa shape index (κ1) is 29.2. The summed E-state index contributed by atoms with van der Waals surface area (Å²) in [6.07, 6.45) is 2.22. The normalized spacial score (nSPS) is 11.7. The minimum atomic E-state index is -0.687. The lowest BCUT2D eigenvalue weighted by Gasteiger charge is -2.31. The van der Waals surface area contributed by atoms with Crippen LogP contribution in [0.1, 0.15) is 36.5 Å². The molecule has 196 valence electrons. The van der Waals surface area contributed by atoms with Gasteiger partial charge in [-0.25, -0.2) is 4.39 Å². The highest BCUT2D eigenvalue weighted by Gasteiger charge is 2.30. The number of unbranched alkanes of at least 4 members (excludes halogenated alkanes) is 1. The van der Waals surface area contributed by atoms with Crippen LogP contribution < -0.4 is 5.32 Å². The van der Waals surface area contributed by atoms with Gasteiger partial charge in [-0.05, 0) is 41.8 Å². The molecular formula is C29H31BrClFN2O2S. The predicted octanol–water partition coefficient (Wildman–Crippen LogP) is 7.03. The Morgan fingerprint density at radius 3 is 2.43 bits per heavy atom. The van der Waals surface area contributed by atoms with Crippen molar-refractivity contribution < 1.29 is 14.0 Å². The van der Waals surface area contributed by atoms with Gasteiger partial charge in [-0.15, -0.1) is 11.8 Å². The van der Waals surface area contributed by atoms with Gasteiger partial charge in [0, 0.05) is 40.3 Å². The standard InChI is InChI=1S/C29H31BrClFN2O2S/c1-2-3-16-33-29(36)27(17-21-8-5-4-6-9-21)34(18-22-12-14-23(30)15-13-22)28(35)20-37-19-24-25(31)10-7-11-26(24)32/h4-15,27H,2-3,16-20H2,1H3,(H,33,36). The zero-order valence-corrected chi connectivity index (χ0v) is 23.9. The summed E-state index contributed by atoms with van der Waals surface area (Å²) < 4.78 is 15.2. The van der Waals surface area contributed by atoms with Crippen LogP contribution in [-0.4, -0.2) is 35.1 Å². The Bertz CT molecular complexity index is 1140. The minimum absolute atomic E-state index is 0.0920. The van der Waals surface area contributed by atoms with Gasteiger partial charge in [0.05, 0.1) is 5.75 Å². The van der Waals surface area contributed by atoms with Gasteiger partial charge in [-0.2, -0.15) is 0 Å². The van der Waals surface area contributed by atoms with Gasteiger partial charge in [0.1, 0.15) is 11.9 Å². The lowest BCUT2D eigenvalue weighted by Crippen LogP contribution is -2.51. The topological polar surface area (TPSA) is 49.4 Å². The second-order valence-corrected chi connectivity index (χ2v) is 11.0. The third kappa shape index (κ3) is 9.16. The number of halogens is 3. The molecule has 0 saturated carbocycles. The molecule has 37 heavy (non-hydrogen) atoms. The highest BCUT2D eigenvalue weighted by Crippen LogP contribution is 2.25. The van der Waals surface area contributed by atoms with Crippen molar-refractivity contribution in [1.29, 1.82) is 0 Å². The zero-order valence-electron chi connectivity index (χ0n) is 20.8. The molecule has 1 atom stereocenters. The molecule has 3 aromatic carbocycles. The number of thioether (sulfide) groups is 1. The van der Waals surface area contributed by atoms with Crippen LogP contribution in [0.5, 0.6) is 0 Å². The molecule has 0 spiro atoms. The molecule has 8 heteroatoms. The highest BCUT2D eigenvalue weighted by molar-refractivity contribution is 9.10. The molecule has 0 radical (unpaired) electrons. The molecule has 0 heterocycles. The Morgan fingerprint density at radius 2 is 1.76 bits per heavy atom. The van der Waals surface area contributed by atoms with E-state index in [-0.39, 0.29) is 29.9 Å². The Balaban J connectivity index is 1.84. The average molecular weight is 606 g/mol. The van der Waals surface area contributed by atoms with Crippen LogP contribution in [0.25, 0.3) is 0 Å². The maximum atomic E-state index is 14.2. The summed E-state index contributed by atoms with van der Waals surface area (Å²) in [6, 6.07) is 21.3. The molecule has 1 unspecified atom stereocenters. The van der Waals surface area contributed by atoms with E-state index in [0.29, 0.717) is 23.6 Å². The molecule has 1 N–H and O–H groups in total. The minimum Gasteiger partial charge on any atom is -0.354 e. The van der Waals surface area contributed by atoms with Crippen LogP contribution in [-0.2, 0) is 28.3 Å². The SMILES string of the molecule is CCCCNC(=O)C(Cc1ccccc1)N(Cc1ccc(Br)cc1)C(=O)CSCc1c(F)cccc1Cl. The van der Waals surface area contributed by atoms with Crippen LogP contribution in [0.3, 0.4) is 0 Å². The van der Waals surface area contributed by atoms with E-state index in [1.807, 2.05) is 54.6 Å². The summed E-state index contributed by atoms with van der Waals surface area (Å²) >= 11 is 10.9. The van der Waals surface area contributed by atoms with Gasteiger partial charge in [-0.3, -0.25) is 9.59 Å². The highest BCUT2D eigenvalue weighted by atomic mass is 79.9. The van der Waals surface area contributed by atoms with Gasteiger partial charge in [0.15, 0.2) is 0 Å². The molecule has 0 aromatic heterocycles. The second-order valence-electron chi connectivity index (χ2n) is 8.69. The average Bonchev–Trinajstić information content (AvgIpc) is 2.89. The number of hydrogen-bond acceptors (Lipinski definition) is 3. The third-order valence-corrected chi connectivity index (χ3v) is 7.73. The number of nitrogens with one attached hydrogen (secondary N) is 1. The molecule has 4 nitrogen and oxygen atoms in total. The number of carbonyl (C=O) groups is 2. The van der Waals surface area contributed by atoms with Crippen molar-refractivity contribution in [2.45, 2.75) is 44.5 Å². The van der Waals surface area contributed by atoms with E-state index >= 15 is 0 Å². The fraction of sp³-hybridized carbons (Fsp3) is 0.310. The molecular weight excluding hydrogens is 575 g/mol. The Morgan fingerprint density at radius 1 is 1.03 bits per heavy atom. The Kier molecular flexibility index (Phi) is 12.0. The molecule has 0 saturated heterocycles. The molecule has 0 bridgehead atoms. The van der Waals surface area contributed by atoms with Crippen molar-refractivity contribution in [3.8, 4) is 0 Å². The van der Waals surface area contributed by atoms with Crippen LogP contribution in [0.4, 0.5) is 4.39 Å². The van der Waals surface area contributed by atoms with E-state index in [1.165, 1.54) is 17.8 Å². The molecule has 0 aliphatic heterocycles. The largest absolute Gasteiger partial charge is 0.354 e. The van der Waals surface area contributed by atoms with Crippen molar-refractivity contribution in [3.05, 3.63) is 105 Å². The van der Waals surface area contributed by atoms with Gasteiger partial charge >= 0.3 is 0 Å². The third-order valence-electron chi connectivity index (χ3n) is 5.90. The molecule has 0 aliphatic carbocycles. The lowest BCUT2D eigenvalue weighted by atomic mass is 10.0. The molecule has 3 aromatic rings. The zero-order chi connectivity index (χ0) is 26.6. The van der Waals surface area contributed by atoms with Gasteiger partial charge in [-0.1, -0.05) is 89.4 Å². The number of hydrogen-bond donors (Lipinski definition) is 1. The van der Waals surface area contributed by atoms with Gasteiger partial charge in [0.25, 0.3) is 0 Å². The molecule has 2 amide bonds. The maximum Gasteiger partial charge on any atom is 0.243 e. The summed E-state index contributed by atoms with van der Waals surface area (Å²) in [7, 11) is 0. The predicted molar refractivity (Wildman–Crippen MR) is 154 cm³/mol. The smallest absolute Gasteiger partial charge is 0.243 e. The molecule has 0 aliphatic rings. The molecule has 0 fully saturated rings. The maximum absolute atomic E-state index is 14.2. The number of benzene rings is 3. The van der Waals surface area contributed by atoms with E-state index in [1.54, 1.807) is 17.0 Å². The first-order valence-corrected chi connectivity index (χ1v) is 14.6. The van der Waals surface area contributed by atoms with Gasteiger partial charge < -0.3 is 10.2 Å². The van der Waals surface area contributed by atoms with Crippen molar-refractivity contribution in [1.82, 2.24) is 10.2 Å². The monoisotopic (exact) mass is 604 g/mol. The van der Waals surface area contributed by atoms with Crippen molar-refractivity contribution in [2.24, 2.45) is 0 Å². The summed E-state index contributed by atoms with van der Waals surface area (Å²) in [6.45, 7) is 2.91. The fourth-order valence-corrected chi connectivity index (χ4v) is 5.35. The lowest BCUT2D eigenvalue weighted by molar-refractivity contribution is -0.139. The number of amides is 2. The fourth-order valence-electron chi connectivity index (χ4n) is 3.84. The summed E-state index contributed by atoms with van der Waals surface area (Å²) in [4.78, 5) is 28.7. The van der Waals surface area contributed by atoms with Crippen LogP contribution >= 0.6 is 39.3 Å². The van der Waals surface area contributed by atoms with Crippen molar-refractivity contribution in [3.63, 3.8) is 0 Å². The second kappa shape index (κ2) is 15.2. The van der Waals surface area contributed by atoms with Crippen molar-refractivity contribution >= 4 is 51.1 Å². The van der Waals surface area contributed by atoms with E-state index < -0.39 is 11.9 Å². The van der Waals surface area contributed by atoms with E-state index in [9.17, 15) is 14.0 Å². The first-order valence-electron chi connectivity index (χ1n) is 12.2. The first-order chi connectivity index (χ1) is 17.9. The number of carbonyl (C=O) groups excluding carboxylic acids is 2. The summed E-state index contributed by atoms with van der Waals surface area (Å²) in [5.41, 5.74) is 2.26.